The van der Waals surface area contributed by atoms with Crippen LogP contribution in [0.2, 0.25) is 0 Å². The van der Waals surface area contributed by atoms with Gasteiger partial charge in [-0.15, -0.1) is 0 Å². The molecule has 0 aliphatic rings. The molecular weight excluding hydrogens is 283 g/mol. The minimum Gasteiger partial charge on any atom is -0.487 e. The molecule has 0 fully saturated rings. The van der Waals surface area contributed by atoms with Crippen molar-refractivity contribution >= 4 is 11.6 Å². The lowest BCUT2D eigenvalue weighted by molar-refractivity contribution is 0.0943. The average Bonchev–Trinajstić information content (AvgIpc) is 2.45. The Hall–Kier alpha value is -2.56. The van der Waals surface area contributed by atoms with Gasteiger partial charge in [-0.25, -0.2) is 4.39 Å². The van der Waals surface area contributed by atoms with E-state index >= 15 is 0 Å². The van der Waals surface area contributed by atoms with Gasteiger partial charge in [0.15, 0.2) is 0 Å². The molecule has 2 rings (SSSR count). The second-order valence-corrected chi connectivity index (χ2v) is 5.30. The topological polar surface area (TPSA) is 64.3 Å². The number of nitrogen functional groups attached to an aromatic ring is 1. The number of nitrogens with two attached hydrogens (primary N) is 1. The standard InChI is InChI=1S/C17H19FN2O2/c1-11(2)20-17(21)13-6-7-16(15(19)9-13)22-10-12-4-3-5-14(18)8-12/h3-9,11H,10,19H2,1-2H3,(H,20,21). The maximum atomic E-state index is 13.1. The predicted molar refractivity (Wildman–Crippen MR) is 84.2 cm³/mol. The van der Waals surface area contributed by atoms with Crippen LogP contribution in [0.5, 0.6) is 5.75 Å². The number of hydrogen-bond acceptors (Lipinski definition) is 3. The highest BCUT2D eigenvalue weighted by atomic mass is 19.1. The van der Waals surface area contributed by atoms with Crippen molar-refractivity contribution in [3.63, 3.8) is 0 Å². The van der Waals surface area contributed by atoms with Crippen molar-refractivity contribution in [2.75, 3.05) is 5.73 Å². The Morgan fingerprint density at radius 2 is 2.05 bits per heavy atom. The lowest BCUT2D eigenvalue weighted by atomic mass is 10.1. The first-order chi connectivity index (χ1) is 10.5. The highest BCUT2D eigenvalue weighted by molar-refractivity contribution is 5.95. The third-order valence-corrected chi connectivity index (χ3v) is 2.98. The van der Waals surface area contributed by atoms with Crippen LogP contribution < -0.4 is 15.8 Å². The molecule has 0 saturated carbocycles. The van der Waals surface area contributed by atoms with E-state index in [0.29, 0.717) is 22.6 Å². The van der Waals surface area contributed by atoms with Gasteiger partial charge in [0.25, 0.3) is 5.91 Å². The van der Waals surface area contributed by atoms with Gasteiger partial charge in [-0.2, -0.15) is 0 Å². The molecule has 4 nitrogen and oxygen atoms in total. The summed E-state index contributed by atoms with van der Waals surface area (Å²) in [5.41, 5.74) is 7.46. The molecule has 0 aliphatic carbocycles. The Bertz CT molecular complexity index is 671. The molecule has 0 radical (unpaired) electrons. The summed E-state index contributed by atoms with van der Waals surface area (Å²) in [7, 11) is 0. The van der Waals surface area contributed by atoms with Gasteiger partial charge in [0.2, 0.25) is 0 Å². The molecule has 0 saturated heterocycles. The Balaban J connectivity index is 2.05. The number of ether oxygens (including phenoxy) is 1. The van der Waals surface area contributed by atoms with Gasteiger partial charge in [-0.1, -0.05) is 12.1 Å². The number of halogens is 1. The number of carbonyl (C=O) groups excluding carboxylic acids is 1. The number of benzene rings is 2. The molecule has 22 heavy (non-hydrogen) atoms. The van der Waals surface area contributed by atoms with Crippen LogP contribution in [-0.4, -0.2) is 11.9 Å². The van der Waals surface area contributed by atoms with Gasteiger partial charge in [0.1, 0.15) is 18.2 Å². The van der Waals surface area contributed by atoms with Crippen LogP contribution >= 0.6 is 0 Å². The van der Waals surface area contributed by atoms with Crippen molar-refractivity contribution in [1.82, 2.24) is 5.32 Å². The maximum Gasteiger partial charge on any atom is 0.251 e. The number of rotatable bonds is 5. The minimum atomic E-state index is -0.310. The first kappa shape index (κ1) is 15.8. The van der Waals surface area contributed by atoms with Gasteiger partial charge < -0.3 is 15.8 Å². The largest absolute Gasteiger partial charge is 0.487 e. The van der Waals surface area contributed by atoms with Gasteiger partial charge in [-0.3, -0.25) is 4.79 Å². The smallest absolute Gasteiger partial charge is 0.251 e. The highest BCUT2D eigenvalue weighted by Crippen LogP contribution is 2.23. The second-order valence-electron chi connectivity index (χ2n) is 5.30. The maximum absolute atomic E-state index is 13.1. The van der Waals surface area contributed by atoms with Gasteiger partial charge in [0.05, 0.1) is 5.69 Å². The molecule has 5 heteroatoms. The van der Waals surface area contributed by atoms with Crippen LogP contribution in [0.15, 0.2) is 42.5 Å². The van der Waals surface area contributed by atoms with E-state index < -0.39 is 0 Å². The zero-order chi connectivity index (χ0) is 16.1. The number of carbonyl (C=O) groups is 1. The molecular formula is C17H19FN2O2. The van der Waals surface area contributed by atoms with Crippen molar-refractivity contribution in [2.45, 2.75) is 26.5 Å². The lowest BCUT2D eigenvalue weighted by Crippen LogP contribution is -2.30. The SMILES string of the molecule is CC(C)NC(=O)c1ccc(OCc2cccc(F)c2)c(N)c1. The van der Waals surface area contributed by atoms with Crippen molar-refractivity contribution in [1.29, 1.82) is 0 Å². The van der Waals surface area contributed by atoms with E-state index in [1.54, 1.807) is 30.3 Å². The number of amides is 1. The summed E-state index contributed by atoms with van der Waals surface area (Å²) in [5.74, 6) is -0.0292. The Labute approximate surface area is 129 Å². The van der Waals surface area contributed by atoms with Crippen LogP contribution in [0, 0.1) is 5.82 Å². The summed E-state index contributed by atoms with van der Waals surface area (Å²) in [6.45, 7) is 3.98. The molecule has 116 valence electrons. The van der Waals surface area contributed by atoms with Gasteiger partial charge >= 0.3 is 0 Å². The molecule has 0 bridgehead atoms. The average molecular weight is 302 g/mol. The van der Waals surface area contributed by atoms with Crippen LogP contribution in [0.4, 0.5) is 10.1 Å². The first-order valence-electron chi connectivity index (χ1n) is 7.03. The zero-order valence-electron chi connectivity index (χ0n) is 12.6. The number of hydrogen-bond donors (Lipinski definition) is 2. The van der Waals surface area contributed by atoms with E-state index in [9.17, 15) is 9.18 Å². The van der Waals surface area contributed by atoms with Crippen molar-refractivity contribution in [3.05, 3.63) is 59.4 Å². The highest BCUT2D eigenvalue weighted by Gasteiger charge is 2.10. The van der Waals surface area contributed by atoms with Crippen LogP contribution in [0.25, 0.3) is 0 Å². The summed E-state index contributed by atoms with van der Waals surface area (Å²) >= 11 is 0. The molecule has 0 unspecified atom stereocenters. The molecule has 0 atom stereocenters. The third kappa shape index (κ3) is 4.22. The predicted octanol–water partition coefficient (Wildman–Crippen LogP) is 3.13. The third-order valence-electron chi connectivity index (χ3n) is 2.98. The van der Waals surface area contributed by atoms with Crippen molar-refractivity contribution in [2.24, 2.45) is 0 Å². The molecule has 0 aliphatic heterocycles. The van der Waals surface area contributed by atoms with Gasteiger partial charge in [0, 0.05) is 11.6 Å². The van der Waals surface area contributed by atoms with Crippen molar-refractivity contribution in [3.8, 4) is 5.75 Å². The van der Waals surface area contributed by atoms with E-state index in [1.165, 1.54) is 12.1 Å². The minimum absolute atomic E-state index is 0.0534. The van der Waals surface area contributed by atoms with Gasteiger partial charge in [-0.05, 0) is 49.7 Å². The van der Waals surface area contributed by atoms with E-state index in [0.717, 1.165) is 0 Å². The van der Waals surface area contributed by atoms with Crippen LogP contribution in [0.3, 0.4) is 0 Å². The molecule has 3 N–H and O–H groups in total. The summed E-state index contributed by atoms with van der Waals surface area (Å²) < 4.78 is 18.7. The molecule has 2 aromatic rings. The monoisotopic (exact) mass is 302 g/mol. The van der Waals surface area contributed by atoms with Crippen LogP contribution in [-0.2, 0) is 6.61 Å². The van der Waals surface area contributed by atoms with E-state index in [-0.39, 0.29) is 24.4 Å². The molecule has 0 aromatic heterocycles. The summed E-state index contributed by atoms with van der Waals surface area (Å²) in [5, 5.41) is 2.79. The normalized spacial score (nSPS) is 10.5. The zero-order valence-corrected chi connectivity index (χ0v) is 12.6. The quantitative estimate of drug-likeness (QED) is 0.834. The first-order valence-corrected chi connectivity index (χ1v) is 7.03. The van der Waals surface area contributed by atoms with E-state index in [2.05, 4.69) is 5.32 Å². The number of anilines is 1. The van der Waals surface area contributed by atoms with Crippen LogP contribution in [0.1, 0.15) is 29.8 Å². The second kappa shape index (κ2) is 6.93. The van der Waals surface area contributed by atoms with Crippen molar-refractivity contribution < 1.29 is 13.9 Å². The van der Waals surface area contributed by atoms with E-state index in [1.807, 2.05) is 13.8 Å². The Morgan fingerprint density at radius 3 is 2.68 bits per heavy atom. The molecule has 1 amide bonds. The molecule has 2 aromatic carbocycles. The molecule has 0 spiro atoms. The Kier molecular flexibility index (Phi) is 4.99. The summed E-state index contributed by atoms with van der Waals surface area (Å²) in [6.07, 6.45) is 0. The molecule has 0 heterocycles. The fourth-order valence-corrected chi connectivity index (χ4v) is 1.95. The summed E-state index contributed by atoms with van der Waals surface area (Å²) in [4.78, 5) is 11.9. The fraction of sp³-hybridized carbons (Fsp3) is 0.235. The lowest BCUT2D eigenvalue weighted by Gasteiger charge is -2.12. The number of nitrogens with one attached hydrogen (secondary N) is 1. The summed E-state index contributed by atoms with van der Waals surface area (Å²) in [6, 6.07) is 11.1. The van der Waals surface area contributed by atoms with E-state index in [4.69, 9.17) is 10.5 Å². The fourth-order valence-electron chi connectivity index (χ4n) is 1.95. The Morgan fingerprint density at radius 1 is 1.27 bits per heavy atom.